The fourth-order valence-corrected chi connectivity index (χ4v) is 2.80. The van der Waals surface area contributed by atoms with Crippen molar-refractivity contribution in [1.29, 1.82) is 0 Å². The minimum Gasteiger partial charge on any atom is -0.493 e. The van der Waals surface area contributed by atoms with Gasteiger partial charge in [0.2, 0.25) is 0 Å². The quantitative estimate of drug-likeness (QED) is 0.436. The number of rotatable bonds is 7. The van der Waals surface area contributed by atoms with Gasteiger partial charge in [-0.25, -0.2) is 0 Å². The molecule has 3 nitrogen and oxygen atoms in total. The molecule has 0 N–H and O–H groups in total. The largest absolute Gasteiger partial charge is 0.493 e. The summed E-state index contributed by atoms with van der Waals surface area (Å²) in [6, 6.07) is 17.1. The van der Waals surface area contributed by atoms with Crippen LogP contribution >= 0.6 is 23.2 Å². The summed E-state index contributed by atoms with van der Waals surface area (Å²) in [6.07, 6.45) is 5.46. The molecule has 0 bridgehead atoms. The number of ether oxygens (including phenoxy) is 1. The first-order chi connectivity index (χ1) is 13.1. The molecule has 0 saturated heterocycles. The predicted octanol–water partition coefficient (Wildman–Crippen LogP) is 6.32. The average molecular weight is 399 g/mol. The van der Waals surface area contributed by atoms with Crippen LogP contribution in [-0.4, -0.2) is 17.8 Å². The Bertz CT molecular complexity index is 907. The van der Waals surface area contributed by atoms with Crippen LogP contribution in [0.4, 0.5) is 5.69 Å². The van der Waals surface area contributed by atoms with E-state index >= 15 is 0 Å². The van der Waals surface area contributed by atoms with Gasteiger partial charge in [0.15, 0.2) is 0 Å². The summed E-state index contributed by atoms with van der Waals surface area (Å²) in [5, 5.41) is 1.17. The summed E-state index contributed by atoms with van der Waals surface area (Å²) in [4.78, 5) is 8.84. The van der Waals surface area contributed by atoms with Crippen molar-refractivity contribution in [3.63, 3.8) is 0 Å². The molecule has 138 valence electrons. The second-order valence-corrected chi connectivity index (χ2v) is 6.88. The summed E-state index contributed by atoms with van der Waals surface area (Å²) < 4.78 is 5.80. The topological polar surface area (TPSA) is 34.5 Å². The zero-order valence-electron chi connectivity index (χ0n) is 15.0. The number of hydrogen-bond acceptors (Lipinski definition) is 3. The number of aryl methyl sites for hydroxylation is 1. The molecule has 0 radical (unpaired) electrons. The van der Waals surface area contributed by atoms with Crippen molar-refractivity contribution in [1.82, 2.24) is 4.98 Å². The van der Waals surface area contributed by atoms with Gasteiger partial charge in [0.05, 0.1) is 17.3 Å². The molecule has 0 aliphatic rings. The van der Waals surface area contributed by atoms with E-state index in [1.54, 1.807) is 24.4 Å². The van der Waals surface area contributed by atoms with Crippen LogP contribution in [0.1, 0.15) is 23.7 Å². The molecule has 3 rings (SSSR count). The highest BCUT2D eigenvalue weighted by Crippen LogP contribution is 2.28. The molecular formula is C22H20Cl2N2O. The third-order valence-electron chi connectivity index (χ3n) is 4.06. The molecule has 0 atom stereocenters. The number of aliphatic imine (C=N–C) groups is 1. The Balaban J connectivity index is 1.53. The van der Waals surface area contributed by atoms with Gasteiger partial charge in [-0.15, -0.1) is 0 Å². The van der Waals surface area contributed by atoms with Crippen molar-refractivity contribution in [2.45, 2.75) is 19.8 Å². The third-order valence-corrected chi connectivity index (χ3v) is 4.62. The number of aromatic nitrogens is 1. The van der Waals surface area contributed by atoms with E-state index in [1.807, 2.05) is 30.5 Å². The van der Waals surface area contributed by atoms with Crippen LogP contribution in [0.3, 0.4) is 0 Å². The first-order valence-corrected chi connectivity index (χ1v) is 9.55. The first-order valence-electron chi connectivity index (χ1n) is 8.80. The van der Waals surface area contributed by atoms with E-state index < -0.39 is 0 Å². The molecule has 27 heavy (non-hydrogen) atoms. The van der Waals surface area contributed by atoms with E-state index in [4.69, 9.17) is 27.9 Å². The average Bonchev–Trinajstić information content (AvgIpc) is 2.70. The van der Waals surface area contributed by atoms with Crippen LogP contribution in [0.15, 0.2) is 65.8 Å². The molecule has 0 fully saturated rings. The fraction of sp³-hybridized carbons (Fsp3) is 0.182. The van der Waals surface area contributed by atoms with Gasteiger partial charge in [-0.05, 0) is 66.1 Å². The minimum absolute atomic E-state index is 0.566. The van der Waals surface area contributed by atoms with Crippen LogP contribution in [0, 0.1) is 0 Å². The molecule has 0 aliphatic carbocycles. The molecule has 0 amide bonds. The molecular weight excluding hydrogens is 379 g/mol. The summed E-state index contributed by atoms with van der Waals surface area (Å²) in [5.74, 6) is 0.818. The predicted molar refractivity (Wildman–Crippen MR) is 113 cm³/mol. The highest BCUT2D eigenvalue weighted by Gasteiger charge is 2.00. The fourth-order valence-electron chi connectivity index (χ4n) is 2.46. The molecule has 5 heteroatoms. The van der Waals surface area contributed by atoms with Crippen molar-refractivity contribution in [2.24, 2.45) is 4.99 Å². The van der Waals surface area contributed by atoms with Gasteiger partial charge in [0.25, 0.3) is 0 Å². The van der Waals surface area contributed by atoms with Crippen LogP contribution in [-0.2, 0) is 12.8 Å². The normalized spacial score (nSPS) is 11.1. The van der Waals surface area contributed by atoms with Crippen LogP contribution in [0.25, 0.3) is 0 Å². The smallest absolute Gasteiger partial charge is 0.119 e. The molecule has 0 spiro atoms. The number of nitrogens with zero attached hydrogens (tertiary/aromatic N) is 2. The lowest BCUT2D eigenvalue weighted by Crippen LogP contribution is -2.03. The van der Waals surface area contributed by atoms with E-state index in [-0.39, 0.29) is 0 Å². The first kappa shape index (κ1) is 19.4. The Kier molecular flexibility index (Phi) is 6.86. The van der Waals surface area contributed by atoms with Gasteiger partial charge in [0.1, 0.15) is 5.75 Å². The van der Waals surface area contributed by atoms with E-state index in [0.29, 0.717) is 22.3 Å². The molecule has 0 saturated carbocycles. The van der Waals surface area contributed by atoms with Crippen LogP contribution in [0.5, 0.6) is 5.75 Å². The van der Waals surface area contributed by atoms with E-state index in [1.165, 1.54) is 5.56 Å². The second-order valence-electron chi connectivity index (χ2n) is 6.03. The summed E-state index contributed by atoms with van der Waals surface area (Å²) in [5.41, 5.74) is 3.88. The van der Waals surface area contributed by atoms with Crippen LogP contribution < -0.4 is 4.74 Å². The van der Waals surface area contributed by atoms with Gasteiger partial charge in [-0.3, -0.25) is 9.98 Å². The monoisotopic (exact) mass is 398 g/mol. The van der Waals surface area contributed by atoms with Crippen LogP contribution in [0.2, 0.25) is 10.0 Å². The lowest BCUT2D eigenvalue weighted by Gasteiger charge is -2.06. The maximum atomic E-state index is 6.11. The summed E-state index contributed by atoms with van der Waals surface area (Å²) in [7, 11) is 0. The molecule has 1 aromatic heterocycles. The molecule has 0 unspecified atom stereocenters. The second kappa shape index (κ2) is 9.54. The molecule has 2 aromatic carbocycles. The van der Waals surface area contributed by atoms with Crippen molar-refractivity contribution < 1.29 is 4.74 Å². The maximum Gasteiger partial charge on any atom is 0.119 e. The Labute approximate surface area is 169 Å². The summed E-state index contributed by atoms with van der Waals surface area (Å²) in [6.45, 7) is 2.71. The number of benzene rings is 2. The minimum atomic E-state index is 0.566. The Morgan fingerprint density at radius 1 is 1.04 bits per heavy atom. The van der Waals surface area contributed by atoms with Crippen molar-refractivity contribution in [3.05, 3.63) is 87.7 Å². The maximum absolute atomic E-state index is 6.11. The van der Waals surface area contributed by atoms with E-state index in [2.05, 4.69) is 29.0 Å². The molecule has 1 heterocycles. The van der Waals surface area contributed by atoms with Crippen molar-refractivity contribution in [3.8, 4) is 5.75 Å². The van der Waals surface area contributed by atoms with E-state index in [0.717, 1.165) is 29.8 Å². The number of pyridine rings is 1. The SMILES string of the molecule is CCc1ccc(CCOc2ccc(C=Nc3cc(Cl)ccc3Cl)cc2)nc1. The van der Waals surface area contributed by atoms with Crippen molar-refractivity contribution >= 4 is 35.1 Å². The van der Waals surface area contributed by atoms with Gasteiger partial charge >= 0.3 is 0 Å². The Hall–Kier alpha value is -2.36. The third kappa shape index (κ3) is 5.81. The van der Waals surface area contributed by atoms with Gasteiger partial charge in [-0.2, -0.15) is 0 Å². The highest BCUT2D eigenvalue weighted by molar-refractivity contribution is 6.35. The number of hydrogen-bond donors (Lipinski definition) is 0. The Morgan fingerprint density at radius 2 is 1.85 bits per heavy atom. The van der Waals surface area contributed by atoms with Gasteiger partial charge in [-0.1, -0.05) is 36.2 Å². The Morgan fingerprint density at radius 3 is 2.56 bits per heavy atom. The van der Waals surface area contributed by atoms with Crippen molar-refractivity contribution in [2.75, 3.05) is 6.61 Å². The molecule has 3 aromatic rings. The lowest BCUT2D eigenvalue weighted by molar-refractivity contribution is 0.320. The lowest BCUT2D eigenvalue weighted by atomic mass is 10.2. The zero-order valence-corrected chi connectivity index (χ0v) is 16.5. The van der Waals surface area contributed by atoms with Gasteiger partial charge < -0.3 is 4.74 Å². The van der Waals surface area contributed by atoms with Gasteiger partial charge in [0, 0.05) is 29.5 Å². The summed E-state index contributed by atoms with van der Waals surface area (Å²) >= 11 is 12.1. The zero-order chi connectivity index (χ0) is 19.1. The standard InChI is InChI=1S/C22H20Cl2N2O/c1-2-16-3-7-19(25-14-16)11-12-27-20-8-4-17(5-9-20)15-26-22-13-18(23)6-10-21(22)24/h3-10,13-15H,2,11-12H2,1H3. The number of halogens is 2. The highest BCUT2D eigenvalue weighted by atomic mass is 35.5. The van der Waals surface area contributed by atoms with E-state index in [9.17, 15) is 0 Å². The molecule has 0 aliphatic heterocycles.